The number of nitrogens with two attached hydrogens (primary N) is 1. The number of rotatable bonds is 0. The lowest BCUT2D eigenvalue weighted by molar-refractivity contribution is 0.350. The number of halogens is 1. The maximum atomic E-state index is 8.42. The first-order valence-corrected chi connectivity index (χ1v) is 3.62. The van der Waals surface area contributed by atoms with Gasteiger partial charge in [-0.25, -0.2) is 4.98 Å². The van der Waals surface area contributed by atoms with Crippen molar-refractivity contribution in [1.82, 2.24) is 4.98 Å². The summed E-state index contributed by atoms with van der Waals surface area (Å²) >= 11 is 5.68. The van der Waals surface area contributed by atoms with Crippen LogP contribution in [0.5, 0.6) is 0 Å². The van der Waals surface area contributed by atoms with Gasteiger partial charge >= 0.3 is 0 Å². The molecule has 0 bridgehead atoms. The second kappa shape index (κ2) is 3.96. The first-order valence-electron chi connectivity index (χ1n) is 3.25. The van der Waals surface area contributed by atoms with E-state index in [1.54, 1.807) is 6.07 Å². The minimum atomic E-state index is -0.203. The van der Waals surface area contributed by atoms with Crippen LogP contribution in [0.15, 0.2) is 12.3 Å². The van der Waals surface area contributed by atoms with Crippen molar-refractivity contribution >= 4 is 17.3 Å². The second-order valence-electron chi connectivity index (χ2n) is 2.07. The van der Waals surface area contributed by atoms with Crippen LogP contribution in [0.1, 0.15) is 5.56 Å². The van der Waals surface area contributed by atoms with Gasteiger partial charge in [-0.2, -0.15) is 0 Å². The Hall–Kier alpha value is -1.24. The van der Waals surface area contributed by atoms with Crippen LogP contribution in [0.2, 0.25) is 5.15 Å². The third kappa shape index (κ3) is 2.12. The van der Waals surface area contributed by atoms with Gasteiger partial charge in [0.25, 0.3) is 0 Å². The summed E-state index contributed by atoms with van der Waals surface area (Å²) in [6.07, 6.45) is 1.45. The standard InChI is InChI=1S/C8H7ClN2O/c9-8-6(2-1-3-12)4-7(10)5-11-8/h4-5,12H,3,10H2. The highest BCUT2D eigenvalue weighted by Crippen LogP contribution is 2.13. The molecule has 0 aliphatic rings. The summed E-state index contributed by atoms with van der Waals surface area (Å²) in [6.45, 7) is -0.203. The van der Waals surface area contributed by atoms with Crippen LogP contribution in [0.3, 0.4) is 0 Å². The number of nitrogen functional groups attached to an aromatic ring is 1. The summed E-state index contributed by atoms with van der Waals surface area (Å²) in [4.78, 5) is 3.79. The molecule has 4 heteroatoms. The SMILES string of the molecule is Nc1cnc(Cl)c(C#CCO)c1. The fourth-order valence-electron chi connectivity index (χ4n) is 0.687. The zero-order valence-electron chi connectivity index (χ0n) is 6.21. The van der Waals surface area contributed by atoms with Crippen LogP contribution in [-0.2, 0) is 0 Å². The molecule has 0 aliphatic heterocycles. The lowest BCUT2D eigenvalue weighted by atomic mass is 10.3. The van der Waals surface area contributed by atoms with Gasteiger partial charge in [0, 0.05) is 0 Å². The maximum Gasteiger partial charge on any atom is 0.144 e. The van der Waals surface area contributed by atoms with Crippen LogP contribution < -0.4 is 5.73 Å². The zero-order chi connectivity index (χ0) is 8.97. The first kappa shape index (κ1) is 8.85. The van der Waals surface area contributed by atoms with Crippen molar-refractivity contribution in [2.75, 3.05) is 12.3 Å². The number of aliphatic hydroxyl groups is 1. The lowest BCUT2D eigenvalue weighted by Gasteiger charge is -1.95. The van der Waals surface area contributed by atoms with E-state index in [4.69, 9.17) is 22.4 Å². The predicted molar refractivity (Wildman–Crippen MR) is 47.6 cm³/mol. The Bertz CT molecular complexity index is 341. The Kier molecular flexibility index (Phi) is 2.92. The van der Waals surface area contributed by atoms with Gasteiger partial charge in [-0.3, -0.25) is 0 Å². The molecule has 1 rings (SSSR count). The monoisotopic (exact) mass is 182 g/mol. The number of anilines is 1. The highest BCUT2D eigenvalue weighted by atomic mass is 35.5. The molecule has 3 nitrogen and oxygen atoms in total. The molecule has 0 unspecified atom stereocenters. The van der Waals surface area contributed by atoms with E-state index in [0.29, 0.717) is 16.4 Å². The summed E-state index contributed by atoms with van der Waals surface area (Å²) in [5.74, 6) is 5.09. The van der Waals surface area contributed by atoms with Crippen molar-refractivity contribution in [3.63, 3.8) is 0 Å². The minimum Gasteiger partial charge on any atom is -0.397 e. The van der Waals surface area contributed by atoms with E-state index in [9.17, 15) is 0 Å². The second-order valence-corrected chi connectivity index (χ2v) is 2.42. The van der Waals surface area contributed by atoms with Crippen molar-refractivity contribution < 1.29 is 5.11 Å². The fourth-order valence-corrected chi connectivity index (χ4v) is 0.837. The highest BCUT2D eigenvalue weighted by molar-refractivity contribution is 6.30. The summed E-state index contributed by atoms with van der Waals surface area (Å²) in [7, 11) is 0. The van der Waals surface area contributed by atoms with Crippen molar-refractivity contribution in [2.24, 2.45) is 0 Å². The molecule has 3 N–H and O–H groups in total. The van der Waals surface area contributed by atoms with E-state index in [0.717, 1.165) is 0 Å². The molecule has 0 spiro atoms. The quantitative estimate of drug-likeness (QED) is 0.458. The first-order chi connectivity index (χ1) is 5.74. The van der Waals surface area contributed by atoms with E-state index in [2.05, 4.69) is 16.8 Å². The fraction of sp³-hybridized carbons (Fsp3) is 0.125. The largest absolute Gasteiger partial charge is 0.397 e. The summed E-state index contributed by atoms with van der Waals surface area (Å²) in [5, 5.41) is 8.72. The number of hydrogen-bond acceptors (Lipinski definition) is 3. The van der Waals surface area contributed by atoms with Crippen LogP contribution >= 0.6 is 11.6 Å². The Morgan fingerprint density at radius 3 is 3.08 bits per heavy atom. The van der Waals surface area contributed by atoms with Crippen LogP contribution in [0, 0.1) is 11.8 Å². The molecule has 1 aromatic rings. The van der Waals surface area contributed by atoms with Crippen LogP contribution in [-0.4, -0.2) is 16.7 Å². The van der Waals surface area contributed by atoms with Crippen LogP contribution in [0.4, 0.5) is 5.69 Å². The Morgan fingerprint density at radius 2 is 2.42 bits per heavy atom. The summed E-state index contributed by atoms with van der Waals surface area (Å²) in [6, 6.07) is 1.61. The zero-order valence-corrected chi connectivity index (χ0v) is 6.97. The van der Waals surface area contributed by atoms with Crippen molar-refractivity contribution in [3.8, 4) is 11.8 Å². The maximum absolute atomic E-state index is 8.42. The third-order valence-corrected chi connectivity index (χ3v) is 1.46. The van der Waals surface area contributed by atoms with Crippen molar-refractivity contribution in [3.05, 3.63) is 23.0 Å². The minimum absolute atomic E-state index is 0.203. The molecule has 0 saturated heterocycles. The van der Waals surface area contributed by atoms with Crippen molar-refractivity contribution in [1.29, 1.82) is 0 Å². The molecule has 0 fully saturated rings. The Labute approximate surface area is 75.2 Å². The van der Waals surface area contributed by atoms with Gasteiger partial charge in [0.15, 0.2) is 0 Å². The molecule has 0 amide bonds. The number of aromatic nitrogens is 1. The smallest absolute Gasteiger partial charge is 0.144 e. The van der Waals surface area contributed by atoms with E-state index in [-0.39, 0.29) is 6.61 Å². The van der Waals surface area contributed by atoms with Gasteiger partial charge in [-0.05, 0) is 6.07 Å². The molecule has 0 saturated carbocycles. The molecule has 0 atom stereocenters. The van der Waals surface area contributed by atoms with Crippen molar-refractivity contribution in [2.45, 2.75) is 0 Å². The van der Waals surface area contributed by atoms with Gasteiger partial charge in [-0.15, -0.1) is 0 Å². The van der Waals surface area contributed by atoms with E-state index >= 15 is 0 Å². The molecule has 1 heterocycles. The number of nitrogens with zero attached hydrogens (tertiary/aromatic N) is 1. The average molecular weight is 183 g/mol. The summed E-state index contributed by atoms with van der Waals surface area (Å²) < 4.78 is 0. The average Bonchev–Trinajstić information content (AvgIpc) is 2.07. The van der Waals surface area contributed by atoms with E-state index in [1.165, 1.54) is 6.20 Å². The summed E-state index contributed by atoms with van der Waals surface area (Å²) in [5.41, 5.74) is 6.48. The van der Waals surface area contributed by atoms with E-state index in [1.807, 2.05) is 0 Å². The van der Waals surface area contributed by atoms with Gasteiger partial charge in [0.05, 0.1) is 17.4 Å². The molecular weight excluding hydrogens is 176 g/mol. The normalized spacial score (nSPS) is 8.83. The molecule has 0 radical (unpaired) electrons. The predicted octanol–water partition coefficient (Wildman–Crippen LogP) is 0.661. The molecule has 12 heavy (non-hydrogen) atoms. The number of hydrogen-bond donors (Lipinski definition) is 2. The Balaban J connectivity index is 3.05. The Morgan fingerprint density at radius 1 is 1.67 bits per heavy atom. The molecule has 0 aromatic carbocycles. The lowest BCUT2D eigenvalue weighted by Crippen LogP contribution is -1.89. The van der Waals surface area contributed by atoms with Gasteiger partial charge in [-0.1, -0.05) is 23.4 Å². The number of aliphatic hydroxyl groups excluding tert-OH is 1. The number of pyridine rings is 1. The van der Waals surface area contributed by atoms with Crippen LogP contribution in [0.25, 0.3) is 0 Å². The van der Waals surface area contributed by atoms with E-state index < -0.39 is 0 Å². The highest BCUT2D eigenvalue weighted by Gasteiger charge is 1.97. The van der Waals surface area contributed by atoms with Gasteiger partial charge in [0.1, 0.15) is 11.8 Å². The third-order valence-electron chi connectivity index (χ3n) is 1.16. The molecule has 1 aromatic heterocycles. The van der Waals surface area contributed by atoms with Gasteiger partial charge < -0.3 is 10.8 Å². The molecule has 0 aliphatic carbocycles. The van der Waals surface area contributed by atoms with Gasteiger partial charge in [0.2, 0.25) is 0 Å². The topological polar surface area (TPSA) is 59.1 Å². The molecule has 62 valence electrons. The molecular formula is C8H7ClN2O.